The number of likely N-dealkylation sites (tertiary alicyclic amines) is 1. The van der Waals surface area contributed by atoms with Crippen molar-refractivity contribution in [2.45, 2.75) is 38.8 Å². The van der Waals surface area contributed by atoms with Gasteiger partial charge in [0.05, 0.1) is 12.3 Å². The first-order chi connectivity index (χ1) is 14.5. The molecule has 0 saturated carbocycles. The van der Waals surface area contributed by atoms with E-state index < -0.39 is 39.6 Å². The van der Waals surface area contributed by atoms with Crippen molar-refractivity contribution in [1.82, 2.24) is 9.62 Å². The average Bonchev–Trinajstić information content (AvgIpc) is 3.02. The van der Waals surface area contributed by atoms with Gasteiger partial charge in [0.15, 0.2) is 0 Å². The van der Waals surface area contributed by atoms with Crippen molar-refractivity contribution < 1.29 is 26.4 Å². The van der Waals surface area contributed by atoms with Gasteiger partial charge in [0.1, 0.15) is 17.5 Å². The van der Waals surface area contributed by atoms with Crippen molar-refractivity contribution >= 4 is 15.9 Å². The first kappa shape index (κ1) is 23.3. The van der Waals surface area contributed by atoms with E-state index in [2.05, 4.69) is 4.72 Å². The highest BCUT2D eigenvalue weighted by Crippen LogP contribution is 2.30. The number of halogens is 3. The molecule has 0 aromatic heterocycles. The molecule has 168 valence electrons. The fraction of sp³-hybridized carbons (Fsp3) is 0.409. The van der Waals surface area contributed by atoms with Gasteiger partial charge in [-0.25, -0.2) is 26.3 Å². The summed E-state index contributed by atoms with van der Waals surface area (Å²) in [5.41, 5.74) is 0.323. The van der Waals surface area contributed by atoms with Crippen LogP contribution in [0.5, 0.6) is 0 Å². The summed E-state index contributed by atoms with van der Waals surface area (Å²) >= 11 is 0. The number of hydrogen-bond acceptors (Lipinski definition) is 3. The van der Waals surface area contributed by atoms with Crippen molar-refractivity contribution in [3.05, 3.63) is 59.4 Å². The van der Waals surface area contributed by atoms with Gasteiger partial charge in [0.2, 0.25) is 15.9 Å². The van der Waals surface area contributed by atoms with E-state index in [1.54, 1.807) is 24.8 Å². The smallest absolute Gasteiger partial charge is 0.225 e. The third-order valence-electron chi connectivity index (χ3n) is 5.37. The molecule has 31 heavy (non-hydrogen) atoms. The van der Waals surface area contributed by atoms with E-state index in [9.17, 15) is 22.0 Å². The van der Waals surface area contributed by atoms with Crippen LogP contribution in [-0.4, -0.2) is 44.1 Å². The van der Waals surface area contributed by atoms with E-state index in [0.29, 0.717) is 19.0 Å². The Bertz CT molecular complexity index is 1070. The lowest BCUT2D eigenvalue weighted by atomic mass is 9.95. The number of hydrogen-bond donors (Lipinski definition) is 1. The molecule has 1 saturated heterocycles. The Balaban J connectivity index is 1.98. The van der Waals surface area contributed by atoms with Gasteiger partial charge >= 0.3 is 0 Å². The van der Waals surface area contributed by atoms with Crippen LogP contribution in [0.2, 0.25) is 0 Å². The lowest BCUT2D eigenvalue weighted by Crippen LogP contribution is -2.48. The zero-order chi connectivity index (χ0) is 22.9. The minimum atomic E-state index is -3.54. The van der Waals surface area contributed by atoms with Gasteiger partial charge in [-0.15, -0.1) is 0 Å². The molecule has 1 amide bonds. The minimum Gasteiger partial charge on any atom is -0.337 e. The molecule has 0 unspecified atom stereocenters. The van der Waals surface area contributed by atoms with Crippen LogP contribution in [0.1, 0.15) is 25.8 Å². The van der Waals surface area contributed by atoms with Gasteiger partial charge in [-0.2, -0.15) is 0 Å². The van der Waals surface area contributed by atoms with Crippen molar-refractivity contribution in [3.8, 4) is 11.1 Å². The Hall–Kier alpha value is -2.39. The topological polar surface area (TPSA) is 66.5 Å². The molecule has 2 aromatic carbocycles. The van der Waals surface area contributed by atoms with Gasteiger partial charge in [-0.05, 0) is 36.1 Å². The van der Waals surface area contributed by atoms with Crippen molar-refractivity contribution in [1.29, 1.82) is 0 Å². The molecule has 3 rings (SSSR count). The van der Waals surface area contributed by atoms with Gasteiger partial charge in [0.25, 0.3) is 0 Å². The van der Waals surface area contributed by atoms with Crippen molar-refractivity contribution in [3.63, 3.8) is 0 Å². The van der Waals surface area contributed by atoms with Gasteiger partial charge in [0, 0.05) is 30.1 Å². The predicted octanol–water partition coefficient (Wildman–Crippen LogP) is 3.49. The summed E-state index contributed by atoms with van der Waals surface area (Å²) in [6, 6.07) is 6.17. The zero-order valence-electron chi connectivity index (χ0n) is 17.5. The fourth-order valence-corrected chi connectivity index (χ4v) is 4.84. The SMILES string of the molecule is CC(C)C(=O)N1CC[C@H](NS(C)(=O)=O)[C@@H]1Cc1cccc(-c2cc(F)cc(F)c2)c1F. The van der Waals surface area contributed by atoms with Crippen LogP contribution in [0.4, 0.5) is 13.2 Å². The third-order valence-corrected chi connectivity index (χ3v) is 6.10. The van der Waals surface area contributed by atoms with Crippen molar-refractivity contribution in [2.75, 3.05) is 12.8 Å². The zero-order valence-corrected chi connectivity index (χ0v) is 18.3. The summed E-state index contributed by atoms with van der Waals surface area (Å²) in [6.07, 6.45) is 1.51. The maximum atomic E-state index is 15.3. The number of nitrogens with zero attached hydrogens (tertiary/aromatic N) is 1. The normalized spacial score (nSPS) is 19.3. The summed E-state index contributed by atoms with van der Waals surface area (Å²) in [7, 11) is -3.54. The molecular formula is C22H25F3N2O3S. The molecule has 5 nitrogen and oxygen atoms in total. The molecule has 1 aliphatic heterocycles. The van der Waals surface area contributed by atoms with E-state index in [0.717, 1.165) is 18.4 Å². The molecule has 9 heteroatoms. The quantitative estimate of drug-likeness (QED) is 0.727. The van der Waals surface area contributed by atoms with Crippen LogP contribution in [0.3, 0.4) is 0 Å². The van der Waals surface area contributed by atoms with Gasteiger partial charge < -0.3 is 4.90 Å². The van der Waals surface area contributed by atoms with E-state index in [4.69, 9.17) is 0 Å². The molecule has 1 heterocycles. The fourth-order valence-electron chi connectivity index (χ4n) is 4.02. The number of benzene rings is 2. The Labute approximate surface area is 180 Å². The van der Waals surface area contributed by atoms with Crippen LogP contribution in [0.15, 0.2) is 36.4 Å². The molecule has 0 spiro atoms. The Kier molecular flexibility index (Phi) is 6.76. The summed E-state index contributed by atoms with van der Waals surface area (Å²) in [5, 5.41) is 0. The second-order valence-corrected chi connectivity index (χ2v) is 9.96. The van der Waals surface area contributed by atoms with Crippen molar-refractivity contribution in [2.24, 2.45) is 5.92 Å². The van der Waals surface area contributed by atoms with Crippen LogP contribution in [0, 0.1) is 23.4 Å². The van der Waals surface area contributed by atoms with E-state index in [1.807, 2.05) is 0 Å². The summed E-state index contributed by atoms with van der Waals surface area (Å²) in [6.45, 7) is 3.85. The molecule has 2 atom stereocenters. The highest BCUT2D eigenvalue weighted by molar-refractivity contribution is 7.88. The third kappa shape index (κ3) is 5.46. The first-order valence-electron chi connectivity index (χ1n) is 9.98. The number of carbonyl (C=O) groups is 1. The minimum absolute atomic E-state index is 0.0308. The maximum Gasteiger partial charge on any atom is 0.225 e. The standard InChI is InChI=1S/C22H25F3N2O3S/c1-13(2)22(28)27-8-7-19(26-31(3,29)30)20(27)11-14-5-4-6-18(21(14)25)15-9-16(23)12-17(24)10-15/h4-6,9-10,12-13,19-20,26H,7-8,11H2,1-3H3/t19-,20-/m0/s1. The molecular weight excluding hydrogens is 429 g/mol. The van der Waals surface area contributed by atoms with Crippen LogP contribution in [0.25, 0.3) is 11.1 Å². The van der Waals surface area contributed by atoms with E-state index in [-0.39, 0.29) is 34.9 Å². The predicted molar refractivity (Wildman–Crippen MR) is 112 cm³/mol. The summed E-state index contributed by atoms with van der Waals surface area (Å²) in [4.78, 5) is 14.3. The Morgan fingerprint density at radius 3 is 2.39 bits per heavy atom. The summed E-state index contributed by atoms with van der Waals surface area (Å²) < 4.78 is 68.8. The first-order valence-corrected chi connectivity index (χ1v) is 11.9. The van der Waals surface area contributed by atoms with Gasteiger partial charge in [-0.1, -0.05) is 32.0 Å². The molecule has 0 radical (unpaired) electrons. The Morgan fingerprint density at radius 1 is 1.16 bits per heavy atom. The molecule has 2 aromatic rings. The number of nitrogens with one attached hydrogen (secondary N) is 1. The lowest BCUT2D eigenvalue weighted by Gasteiger charge is -2.30. The van der Waals surface area contributed by atoms with Crippen LogP contribution < -0.4 is 4.72 Å². The van der Waals surface area contributed by atoms with Crippen LogP contribution in [-0.2, 0) is 21.2 Å². The monoisotopic (exact) mass is 454 g/mol. The largest absolute Gasteiger partial charge is 0.337 e. The number of rotatable bonds is 6. The molecule has 0 aliphatic carbocycles. The van der Waals surface area contributed by atoms with E-state index in [1.165, 1.54) is 12.1 Å². The highest BCUT2D eigenvalue weighted by Gasteiger charge is 2.39. The lowest BCUT2D eigenvalue weighted by molar-refractivity contribution is -0.135. The Morgan fingerprint density at radius 2 is 1.81 bits per heavy atom. The maximum absolute atomic E-state index is 15.3. The van der Waals surface area contributed by atoms with Gasteiger partial charge in [-0.3, -0.25) is 4.79 Å². The number of sulfonamides is 1. The second kappa shape index (κ2) is 9.00. The highest BCUT2D eigenvalue weighted by atomic mass is 32.2. The van der Waals surface area contributed by atoms with Crippen LogP contribution >= 0.6 is 0 Å². The molecule has 1 aliphatic rings. The molecule has 1 fully saturated rings. The number of carbonyl (C=O) groups excluding carboxylic acids is 1. The molecule has 1 N–H and O–H groups in total. The average molecular weight is 455 g/mol. The molecule has 0 bridgehead atoms. The second-order valence-electron chi connectivity index (χ2n) is 8.18. The number of amides is 1. The van der Waals surface area contributed by atoms with E-state index >= 15 is 4.39 Å². The summed E-state index contributed by atoms with van der Waals surface area (Å²) in [5.74, 6) is -2.74.